The van der Waals surface area contributed by atoms with Gasteiger partial charge in [0.15, 0.2) is 5.78 Å². The summed E-state index contributed by atoms with van der Waals surface area (Å²) in [6.07, 6.45) is 1.12. The topological polar surface area (TPSA) is 91.7 Å². The summed E-state index contributed by atoms with van der Waals surface area (Å²) in [7, 11) is 0. The number of carboxylic acid groups (broad SMARTS) is 2. The van der Waals surface area contributed by atoms with Crippen LogP contribution in [0.25, 0.3) is 11.1 Å². The Labute approximate surface area is 168 Å². The SMILES string of the molecule is Cc1cc(C(=O)c2ccccc2)ccc1-c1ccccc1.O=C(O)/C=C/C(=O)O. The van der Waals surface area contributed by atoms with E-state index in [0.29, 0.717) is 12.2 Å². The largest absolute Gasteiger partial charge is 0.478 e. The van der Waals surface area contributed by atoms with Crippen LogP contribution in [0.2, 0.25) is 0 Å². The van der Waals surface area contributed by atoms with Crippen molar-refractivity contribution in [3.8, 4) is 11.1 Å². The van der Waals surface area contributed by atoms with E-state index < -0.39 is 11.9 Å². The molecular weight excluding hydrogens is 368 g/mol. The van der Waals surface area contributed by atoms with Crippen molar-refractivity contribution in [2.24, 2.45) is 0 Å². The average Bonchev–Trinajstić information content (AvgIpc) is 2.73. The fourth-order valence-electron chi connectivity index (χ4n) is 2.65. The number of ketones is 1. The average molecular weight is 388 g/mol. The second-order valence-electron chi connectivity index (χ2n) is 6.10. The summed E-state index contributed by atoms with van der Waals surface area (Å²) < 4.78 is 0. The number of aliphatic carboxylic acids is 2. The van der Waals surface area contributed by atoms with E-state index in [4.69, 9.17) is 10.2 Å². The Morgan fingerprint density at radius 2 is 1.21 bits per heavy atom. The molecule has 0 aromatic heterocycles. The molecule has 0 aliphatic heterocycles. The van der Waals surface area contributed by atoms with Gasteiger partial charge in [-0.3, -0.25) is 4.79 Å². The maximum absolute atomic E-state index is 12.4. The third-order valence-electron chi connectivity index (χ3n) is 3.98. The quantitative estimate of drug-likeness (QED) is 0.492. The number of rotatable bonds is 5. The number of carbonyl (C=O) groups excluding carboxylic acids is 1. The van der Waals surface area contributed by atoms with Crippen LogP contribution in [-0.4, -0.2) is 27.9 Å². The summed E-state index contributed by atoms with van der Waals surface area (Å²) >= 11 is 0. The van der Waals surface area contributed by atoms with Gasteiger partial charge in [0.05, 0.1) is 0 Å². The molecule has 0 atom stereocenters. The first-order chi connectivity index (χ1) is 13.9. The Morgan fingerprint density at radius 1 is 0.690 bits per heavy atom. The van der Waals surface area contributed by atoms with Crippen LogP contribution in [0, 0.1) is 6.92 Å². The van der Waals surface area contributed by atoms with Gasteiger partial charge in [-0.1, -0.05) is 72.8 Å². The van der Waals surface area contributed by atoms with Gasteiger partial charge >= 0.3 is 11.9 Å². The number of carbonyl (C=O) groups is 3. The Bertz CT molecular complexity index is 1010. The third-order valence-corrected chi connectivity index (χ3v) is 3.98. The highest BCUT2D eigenvalue weighted by molar-refractivity contribution is 6.09. The van der Waals surface area contributed by atoms with Gasteiger partial charge in [-0.25, -0.2) is 9.59 Å². The number of hydrogen-bond acceptors (Lipinski definition) is 3. The minimum atomic E-state index is -1.26. The molecule has 0 spiro atoms. The van der Waals surface area contributed by atoms with Crippen LogP contribution in [0.5, 0.6) is 0 Å². The predicted molar refractivity (Wildman–Crippen MR) is 111 cm³/mol. The van der Waals surface area contributed by atoms with E-state index in [2.05, 4.69) is 12.1 Å². The highest BCUT2D eigenvalue weighted by Crippen LogP contribution is 2.24. The zero-order valence-corrected chi connectivity index (χ0v) is 15.8. The number of aryl methyl sites for hydroxylation is 1. The molecule has 0 aliphatic carbocycles. The molecule has 0 saturated heterocycles. The number of carboxylic acids is 2. The summed E-state index contributed by atoms with van der Waals surface area (Å²) in [6.45, 7) is 2.05. The monoisotopic (exact) mass is 388 g/mol. The third kappa shape index (κ3) is 6.59. The fourth-order valence-corrected chi connectivity index (χ4v) is 2.65. The smallest absolute Gasteiger partial charge is 0.328 e. The number of hydrogen-bond donors (Lipinski definition) is 2. The van der Waals surface area contributed by atoms with E-state index in [1.54, 1.807) is 0 Å². The van der Waals surface area contributed by atoms with Crippen molar-refractivity contribution in [2.75, 3.05) is 0 Å². The highest BCUT2D eigenvalue weighted by Gasteiger charge is 2.10. The van der Waals surface area contributed by atoms with Crippen LogP contribution in [-0.2, 0) is 9.59 Å². The van der Waals surface area contributed by atoms with Crippen LogP contribution in [0.4, 0.5) is 0 Å². The zero-order valence-electron chi connectivity index (χ0n) is 15.8. The lowest BCUT2D eigenvalue weighted by Gasteiger charge is -2.08. The molecule has 3 rings (SSSR count). The summed E-state index contributed by atoms with van der Waals surface area (Å²) in [6, 6.07) is 25.5. The molecule has 29 heavy (non-hydrogen) atoms. The van der Waals surface area contributed by atoms with Gasteiger partial charge in [-0.15, -0.1) is 0 Å². The molecule has 0 heterocycles. The van der Waals surface area contributed by atoms with E-state index in [-0.39, 0.29) is 5.78 Å². The van der Waals surface area contributed by atoms with Crippen molar-refractivity contribution in [1.82, 2.24) is 0 Å². The molecule has 0 amide bonds. The molecule has 0 bridgehead atoms. The fraction of sp³-hybridized carbons (Fsp3) is 0.0417. The van der Waals surface area contributed by atoms with Gasteiger partial charge < -0.3 is 10.2 Å². The second kappa shape index (κ2) is 10.4. The Morgan fingerprint density at radius 3 is 1.69 bits per heavy atom. The Balaban J connectivity index is 0.000000321. The lowest BCUT2D eigenvalue weighted by molar-refractivity contribution is -0.134. The highest BCUT2D eigenvalue weighted by atomic mass is 16.4. The molecule has 5 nitrogen and oxygen atoms in total. The maximum atomic E-state index is 12.4. The maximum Gasteiger partial charge on any atom is 0.328 e. The van der Waals surface area contributed by atoms with E-state index in [1.807, 2.05) is 73.7 Å². The van der Waals surface area contributed by atoms with Crippen LogP contribution in [0.3, 0.4) is 0 Å². The molecule has 5 heteroatoms. The molecular formula is C24H20O5. The van der Waals surface area contributed by atoms with E-state index in [9.17, 15) is 14.4 Å². The Hall–Kier alpha value is -3.99. The van der Waals surface area contributed by atoms with Crippen molar-refractivity contribution >= 4 is 17.7 Å². The van der Waals surface area contributed by atoms with Crippen LogP contribution < -0.4 is 0 Å². The lowest BCUT2D eigenvalue weighted by Crippen LogP contribution is -2.01. The summed E-state index contributed by atoms with van der Waals surface area (Å²) in [4.78, 5) is 31.6. The van der Waals surface area contributed by atoms with Crippen molar-refractivity contribution in [1.29, 1.82) is 0 Å². The van der Waals surface area contributed by atoms with Crippen LogP contribution >= 0.6 is 0 Å². The van der Waals surface area contributed by atoms with Crippen LogP contribution in [0.1, 0.15) is 21.5 Å². The van der Waals surface area contributed by atoms with Gasteiger partial charge in [0.2, 0.25) is 0 Å². The molecule has 146 valence electrons. The molecule has 2 N–H and O–H groups in total. The van der Waals surface area contributed by atoms with Gasteiger partial charge in [-0.05, 0) is 29.7 Å². The lowest BCUT2D eigenvalue weighted by atomic mass is 9.95. The van der Waals surface area contributed by atoms with Crippen LogP contribution in [0.15, 0.2) is 91.0 Å². The van der Waals surface area contributed by atoms with Gasteiger partial charge in [0, 0.05) is 23.3 Å². The zero-order chi connectivity index (χ0) is 21.2. The number of benzene rings is 3. The molecule has 0 radical (unpaired) electrons. The summed E-state index contributed by atoms with van der Waals surface area (Å²) in [5.74, 6) is -2.45. The van der Waals surface area contributed by atoms with Gasteiger partial charge in [0.25, 0.3) is 0 Å². The molecule has 0 fully saturated rings. The summed E-state index contributed by atoms with van der Waals surface area (Å²) in [5.41, 5.74) is 4.92. The standard InChI is InChI=1S/C20H16O.C4H4O4/c1-15-14-18(20(21)17-10-6-3-7-11-17)12-13-19(15)16-8-4-2-5-9-16;5-3(6)1-2-4(7)8/h2-14H,1H3;1-2H,(H,5,6)(H,7,8)/b;2-1+. The van der Waals surface area contributed by atoms with Crippen molar-refractivity contribution in [3.63, 3.8) is 0 Å². The minimum Gasteiger partial charge on any atom is -0.478 e. The first-order valence-electron chi connectivity index (χ1n) is 8.78. The van der Waals surface area contributed by atoms with E-state index in [0.717, 1.165) is 16.7 Å². The molecule has 0 saturated carbocycles. The molecule has 0 aliphatic rings. The molecule has 0 unspecified atom stereocenters. The second-order valence-corrected chi connectivity index (χ2v) is 6.10. The Kier molecular flexibility index (Phi) is 7.62. The predicted octanol–water partition coefficient (Wildman–Crippen LogP) is 4.60. The molecule has 3 aromatic carbocycles. The van der Waals surface area contributed by atoms with Gasteiger partial charge in [0.1, 0.15) is 0 Å². The molecule has 3 aromatic rings. The first-order valence-corrected chi connectivity index (χ1v) is 8.78. The first kappa shape index (κ1) is 21.3. The summed E-state index contributed by atoms with van der Waals surface area (Å²) in [5, 5.41) is 15.6. The van der Waals surface area contributed by atoms with Crippen molar-refractivity contribution in [2.45, 2.75) is 6.92 Å². The van der Waals surface area contributed by atoms with Gasteiger partial charge in [-0.2, -0.15) is 0 Å². The normalized spacial score (nSPS) is 10.1. The van der Waals surface area contributed by atoms with E-state index >= 15 is 0 Å². The van der Waals surface area contributed by atoms with Crippen molar-refractivity contribution < 1.29 is 24.6 Å². The van der Waals surface area contributed by atoms with E-state index in [1.165, 1.54) is 11.1 Å². The van der Waals surface area contributed by atoms with Crippen molar-refractivity contribution in [3.05, 3.63) is 108 Å². The minimum absolute atomic E-state index is 0.0679.